The number of hydrogen-bond donors (Lipinski definition) is 1. The molecule has 9 heteroatoms. The summed E-state index contributed by atoms with van der Waals surface area (Å²) in [6.07, 6.45) is 0. The summed E-state index contributed by atoms with van der Waals surface area (Å²) in [7, 11) is 0.0920. The van der Waals surface area contributed by atoms with Crippen LogP contribution < -0.4 is 5.14 Å². The predicted molar refractivity (Wildman–Crippen MR) is 74.1 cm³/mol. The Hall–Kier alpha value is -1.55. The van der Waals surface area contributed by atoms with Gasteiger partial charge in [0, 0.05) is 11.1 Å². The van der Waals surface area contributed by atoms with Crippen molar-refractivity contribution in [1.82, 2.24) is 14.6 Å². The number of nitrogens with zero attached hydrogens (tertiary/aromatic N) is 4. The maximum Gasteiger partial charge on any atom is 0.238 e. The monoisotopic (exact) mass is 297 g/mol. The van der Waals surface area contributed by atoms with Crippen molar-refractivity contribution in [3.05, 3.63) is 24.0 Å². The molecule has 0 unspecified atom stereocenters. The zero-order valence-electron chi connectivity index (χ0n) is 10.2. The van der Waals surface area contributed by atoms with Gasteiger partial charge in [-0.2, -0.15) is 4.68 Å². The number of fused-ring (bicyclic) bond motifs is 3. The van der Waals surface area contributed by atoms with Crippen LogP contribution in [0.4, 0.5) is 0 Å². The molecule has 3 rings (SSSR count). The zero-order valence-corrected chi connectivity index (χ0v) is 11.9. The summed E-state index contributed by atoms with van der Waals surface area (Å²) in [6.45, 7) is 0. The molecule has 1 aromatic carbocycles. The molecule has 0 saturated carbocycles. The second-order valence-corrected chi connectivity index (χ2v) is 6.61. The molecule has 0 atom stereocenters. The summed E-state index contributed by atoms with van der Waals surface area (Å²) in [5.41, 5.74) is 1.32. The number of nitrogens with two attached hydrogens (primary N) is 1. The van der Waals surface area contributed by atoms with Gasteiger partial charge in [0.25, 0.3) is 0 Å². The van der Waals surface area contributed by atoms with E-state index in [-0.39, 0.29) is 4.90 Å². The molecule has 1 aliphatic heterocycles. The van der Waals surface area contributed by atoms with Crippen molar-refractivity contribution in [2.45, 2.75) is 4.90 Å². The second-order valence-electron chi connectivity index (χ2n) is 4.32. The first kappa shape index (κ1) is 12.5. The molecular weight excluding hydrogens is 286 g/mol. The van der Waals surface area contributed by atoms with Crippen molar-refractivity contribution in [3.63, 3.8) is 0 Å². The number of imidazole rings is 1. The first-order valence-corrected chi connectivity index (χ1v) is 7.68. The lowest BCUT2D eigenvalue weighted by molar-refractivity contribution is 0.598. The molecule has 0 radical (unpaired) electrons. The van der Waals surface area contributed by atoms with Crippen LogP contribution in [0.3, 0.4) is 0 Å². The van der Waals surface area contributed by atoms with E-state index < -0.39 is 10.0 Å². The number of primary sulfonamides is 1. The molecule has 100 valence electrons. The maximum atomic E-state index is 11.3. The number of rotatable bonds is 1. The van der Waals surface area contributed by atoms with Crippen LogP contribution in [0.5, 0.6) is 0 Å². The highest BCUT2D eigenvalue weighted by Crippen LogP contribution is 2.22. The van der Waals surface area contributed by atoms with Crippen LogP contribution in [0.2, 0.25) is 0 Å². The summed E-state index contributed by atoms with van der Waals surface area (Å²) in [5.74, 6) is 0.705. The van der Waals surface area contributed by atoms with E-state index in [0.29, 0.717) is 11.3 Å². The molecule has 0 saturated heterocycles. The van der Waals surface area contributed by atoms with Crippen molar-refractivity contribution in [2.24, 2.45) is 9.61 Å². The topological polar surface area (TPSA) is 93.6 Å². The van der Waals surface area contributed by atoms with E-state index >= 15 is 0 Å². The molecular formula is C10H11N5O2S2. The van der Waals surface area contributed by atoms with E-state index in [2.05, 4.69) is 9.46 Å². The van der Waals surface area contributed by atoms with Crippen molar-refractivity contribution < 1.29 is 8.42 Å². The van der Waals surface area contributed by atoms with Crippen molar-refractivity contribution in [2.75, 3.05) is 14.1 Å². The Balaban J connectivity index is 2.24. The number of sulfonamides is 1. The third-order valence-corrected chi connectivity index (χ3v) is 4.61. The van der Waals surface area contributed by atoms with Crippen LogP contribution in [0.1, 0.15) is 5.82 Å². The third-order valence-electron chi connectivity index (χ3n) is 2.74. The molecule has 19 heavy (non-hydrogen) atoms. The van der Waals surface area contributed by atoms with E-state index in [9.17, 15) is 8.42 Å². The lowest BCUT2D eigenvalue weighted by Crippen LogP contribution is -2.23. The summed E-state index contributed by atoms with van der Waals surface area (Å²) >= 11 is 1.34. The highest BCUT2D eigenvalue weighted by molar-refractivity contribution is 7.89. The number of aromatic nitrogens is 2. The quantitative estimate of drug-likeness (QED) is 0.736. The summed E-state index contributed by atoms with van der Waals surface area (Å²) in [6, 6.07) is 4.58. The molecule has 0 aliphatic carbocycles. The average Bonchev–Trinajstić information content (AvgIpc) is 2.84. The van der Waals surface area contributed by atoms with Crippen molar-refractivity contribution in [3.8, 4) is 0 Å². The van der Waals surface area contributed by atoms with Crippen LogP contribution in [0, 0.1) is 0 Å². The van der Waals surface area contributed by atoms with E-state index in [0.717, 1.165) is 10.5 Å². The largest absolute Gasteiger partial charge is 0.268 e. The number of benzene rings is 1. The van der Waals surface area contributed by atoms with Crippen LogP contribution in [0.15, 0.2) is 27.6 Å². The van der Waals surface area contributed by atoms with Gasteiger partial charge in [-0.1, -0.05) is 0 Å². The van der Waals surface area contributed by atoms with E-state index in [1.54, 1.807) is 10.7 Å². The van der Waals surface area contributed by atoms with Gasteiger partial charge in [-0.15, -0.1) is 4.47 Å². The van der Waals surface area contributed by atoms with Crippen molar-refractivity contribution in [1.29, 1.82) is 0 Å². The standard InChI is InChI=1S/C10H11N5O2S2/c1-14(2)10-9-12-7-5-6(19(11,16)17)3-4-8(7)15(9)13-18-10/h3-5H,1-2H3,(H2,11,16,17). The molecule has 2 aromatic rings. The fourth-order valence-electron chi connectivity index (χ4n) is 1.85. The fourth-order valence-corrected chi connectivity index (χ4v) is 3.08. The fraction of sp³-hybridized carbons (Fsp3) is 0.200. The normalized spacial score (nSPS) is 14.6. The molecule has 2 heterocycles. The van der Waals surface area contributed by atoms with Crippen LogP contribution in [0.25, 0.3) is 11.0 Å². The minimum absolute atomic E-state index is 0.0517. The van der Waals surface area contributed by atoms with Gasteiger partial charge < -0.3 is 0 Å². The molecule has 0 spiro atoms. The Morgan fingerprint density at radius 2 is 2.11 bits per heavy atom. The van der Waals surface area contributed by atoms with Crippen molar-refractivity contribution >= 4 is 37.2 Å². The lowest BCUT2D eigenvalue weighted by Gasteiger charge is -2.06. The smallest absolute Gasteiger partial charge is 0.238 e. The van der Waals surface area contributed by atoms with Gasteiger partial charge >= 0.3 is 0 Å². The van der Waals surface area contributed by atoms with E-state index in [1.165, 1.54) is 23.3 Å². The second kappa shape index (κ2) is 3.97. The Morgan fingerprint density at radius 3 is 2.74 bits per heavy atom. The van der Waals surface area contributed by atoms with Crippen LogP contribution in [-0.4, -0.2) is 42.1 Å². The van der Waals surface area contributed by atoms with Gasteiger partial charge in [0.1, 0.15) is 4.99 Å². The molecule has 0 bridgehead atoms. The Morgan fingerprint density at radius 1 is 1.37 bits per heavy atom. The van der Waals surface area contributed by atoms with Crippen LogP contribution in [-0.2, 0) is 21.2 Å². The summed E-state index contributed by atoms with van der Waals surface area (Å²) < 4.78 is 28.6. The highest BCUT2D eigenvalue weighted by Gasteiger charge is 2.21. The predicted octanol–water partition coefficient (Wildman–Crippen LogP) is -0.234. The minimum Gasteiger partial charge on any atom is -0.268 e. The Labute approximate surface area is 113 Å². The third kappa shape index (κ3) is 1.91. The minimum atomic E-state index is -3.72. The maximum absolute atomic E-state index is 11.3. The van der Waals surface area contributed by atoms with E-state index in [1.807, 2.05) is 19.0 Å². The summed E-state index contributed by atoms with van der Waals surface area (Å²) in [5, 5.41) is 5.11. The van der Waals surface area contributed by atoms with Gasteiger partial charge in [0.15, 0.2) is 5.82 Å². The molecule has 1 aromatic heterocycles. The lowest BCUT2D eigenvalue weighted by atomic mass is 10.3. The average molecular weight is 297 g/mol. The van der Waals surface area contributed by atoms with Crippen LogP contribution >= 0.6 is 0 Å². The Bertz CT molecular complexity index is 859. The summed E-state index contributed by atoms with van der Waals surface area (Å²) in [4.78, 5) is 7.30. The first-order chi connectivity index (χ1) is 8.88. The first-order valence-electron chi connectivity index (χ1n) is 5.36. The van der Waals surface area contributed by atoms with Gasteiger partial charge in [0.2, 0.25) is 10.0 Å². The highest BCUT2D eigenvalue weighted by atomic mass is 32.2. The van der Waals surface area contributed by atoms with Gasteiger partial charge in [-0.05, 0) is 32.3 Å². The molecule has 0 fully saturated rings. The van der Waals surface area contributed by atoms with Gasteiger partial charge in [-0.3, -0.25) is 4.90 Å². The van der Waals surface area contributed by atoms with Gasteiger partial charge in [-0.25, -0.2) is 18.5 Å². The molecule has 7 nitrogen and oxygen atoms in total. The zero-order chi connectivity index (χ0) is 13.8. The van der Waals surface area contributed by atoms with Gasteiger partial charge in [0.05, 0.1) is 15.9 Å². The molecule has 0 amide bonds. The Kier molecular flexibility index (Phi) is 2.61. The molecule has 2 N–H and O–H groups in total. The SMILES string of the molecule is CN(C)C1=S=Nn2c1nc1cc(S(N)(=O)=O)ccc12. The molecule has 1 aliphatic rings. The van der Waals surface area contributed by atoms with E-state index in [4.69, 9.17) is 5.14 Å². The number of hydrogen-bond acceptors (Lipinski definition) is 5.